The van der Waals surface area contributed by atoms with Gasteiger partial charge in [-0.1, -0.05) is 0 Å². The van der Waals surface area contributed by atoms with Crippen molar-refractivity contribution in [2.75, 3.05) is 19.5 Å². The van der Waals surface area contributed by atoms with E-state index < -0.39 is 10.8 Å². The number of hydrogen-bond donors (Lipinski definition) is 1. The third-order valence-electron chi connectivity index (χ3n) is 3.26. The van der Waals surface area contributed by atoms with Gasteiger partial charge in [0.2, 0.25) is 5.91 Å². The van der Waals surface area contributed by atoms with Gasteiger partial charge >= 0.3 is 5.82 Å². The Balaban J connectivity index is 2.20. The summed E-state index contributed by atoms with van der Waals surface area (Å²) in [4.78, 5) is 22.5. The first-order valence-electron chi connectivity index (χ1n) is 6.76. The molecule has 1 aromatic heterocycles. The van der Waals surface area contributed by atoms with Crippen LogP contribution in [0.25, 0.3) is 0 Å². The molecule has 10 heteroatoms. The Morgan fingerprint density at radius 2 is 2.12 bits per heavy atom. The number of benzene rings is 1. The van der Waals surface area contributed by atoms with Crippen LogP contribution in [0.5, 0.6) is 11.5 Å². The highest BCUT2D eigenvalue weighted by Gasteiger charge is 2.24. The molecule has 1 heterocycles. The molecule has 0 bridgehead atoms. The fourth-order valence-electron chi connectivity index (χ4n) is 2.02. The molecule has 0 saturated heterocycles. The summed E-state index contributed by atoms with van der Waals surface area (Å²) in [5.41, 5.74) is 0.912. The van der Waals surface area contributed by atoms with E-state index in [1.54, 1.807) is 25.1 Å². The van der Waals surface area contributed by atoms with Crippen LogP contribution in [0.2, 0.25) is 0 Å². The van der Waals surface area contributed by atoms with Crippen molar-refractivity contribution in [3.05, 3.63) is 38.5 Å². The average molecular weight is 399 g/mol. The van der Waals surface area contributed by atoms with E-state index in [-0.39, 0.29) is 16.8 Å². The summed E-state index contributed by atoms with van der Waals surface area (Å²) < 4.78 is 11.8. The second-order valence-electron chi connectivity index (χ2n) is 4.75. The van der Waals surface area contributed by atoms with Crippen molar-refractivity contribution in [1.29, 1.82) is 0 Å². The van der Waals surface area contributed by atoms with Gasteiger partial charge in [0.05, 0.1) is 30.7 Å². The monoisotopic (exact) mass is 398 g/mol. The first-order valence-corrected chi connectivity index (χ1v) is 7.55. The highest BCUT2D eigenvalue weighted by Crippen LogP contribution is 2.29. The van der Waals surface area contributed by atoms with E-state index in [0.717, 1.165) is 0 Å². The highest BCUT2D eigenvalue weighted by atomic mass is 79.9. The minimum Gasteiger partial charge on any atom is -0.497 e. The quantitative estimate of drug-likeness (QED) is 0.591. The molecule has 128 valence electrons. The molecular weight excluding hydrogens is 384 g/mol. The van der Waals surface area contributed by atoms with Crippen LogP contribution in [0.15, 0.2) is 22.7 Å². The summed E-state index contributed by atoms with van der Waals surface area (Å²) in [5.74, 6) is 0.280. The van der Waals surface area contributed by atoms with Gasteiger partial charge in [-0.3, -0.25) is 4.79 Å². The largest absolute Gasteiger partial charge is 0.497 e. The maximum atomic E-state index is 12.2. The zero-order chi connectivity index (χ0) is 17.9. The van der Waals surface area contributed by atoms with E-state index in [2.05, 4.69) is 26.3 Å². The maximum Gasteiger partial charge on any atom is 0.404 e. The van der Waals surface area contributed by atoms with Crippen LogP contribution in [0.4, 0.5) is 11.5 Å². The van der Waals surface area contributed by atoms with Crippen molar-refractivity contribution >= 4 is 33.3 Å². The molecule has 1 amide bonds. The number of methoxy groups -OCH3 is 2. The number of carbonyl (C=O) groups excluding carboxylic acids is 1. The van der Waals surface area contributed by atoms with Crippen molar-refractivity contribution in [3.8, 4) is 11.5 Å². The Labute approximate surface area is 145 Å². The van der Waals surface area contributed by atoms with E-state index in [9.17, 15) is 14.9 Å². The summed E-state index contributed by atoms with van der Waals surface area (Å²) >= 11 is 3.11. The number of ether oxygens (including phenoxy) is 2. The number of rotatable bonds is 6. The molecular formula is C14H15BrN4O5. The Hall–Kier alpha value is -2.62. The lowest BCUT2D eigenvalue weighted by Crippen LogP contribution is -2.20. The van der Waals surface area contributed by atoms with Gasteiger partial charge in [-0.25, -0.2) is 0 Å². The van der Waals surface area contributed by atoms with Crippen molar-refractivity contribution in [2.45, 2.75) is 13.5 Å². The zero-order valence-electron chi connectivity index (χ0n) is 13.2. The number of amides is 1. The summed E-state index contributed by atoms with van der Waals surface area (Å²) in [6, 6.07) is 4.98. The summed E-state index contributed by atoms with van der Waals surface area (Å²) in [6.45, 7) is 1.45. The maximum absolute atomic E-state index is 12.2. The van der Waals surface area contributed by atoms with E-state index in [1.165, 1.54) is 18.9 Å². The summed E-state index contributed by atoms with van der Waals surface area (Å²) in [6.07, 6.45) is 0. The first-order chi connectivity index (χ1) is 11.4. The molecule has 0 atom stereocenters. The van der Waals surface area contributed by atoms with Crippen molar-refractivity contribution < 1.29 is 19.2 Å². The van der Waals surface area contributed by atoms with E-state index in [4.69, 9.17) is 9.47 Å². The number of anilines is 1. The van der Waals surface area contributed by atoms with Crippen molar-refractivity contribution in [1.82, 2.24) is 9.78 Å². The van der Waals surface area contributed by atoms with Crippen LogP contribution < -0.4 is 14.8 Å². The zero-order valence-corrected chi connectivity index (χ0v) is 14.8. The number of carbonyl (C=O) groups is 1. The third kappa shape index (κ3) is 3.65. The molecule has 1 aromatic carbocycles. The van der Waals surface area contributed by atoms with Crippen LogP contribution in [0.1, 0.15) is 5.69 Å². The minimum atomic E-state index is -0.615. The molecule has 0 radical (unpaired) electrons. The fourth-order valence-corrected chi connectivity index (χ4v) is 2.45. The van der Waals surface area contributed by atoms with E-state index in [0.29, 0.717) is 22.9 Å². The van der Waals surface area contributed by atoms with Crippen molar-refractivity contribution in [2.24, 2.45) is 0 Å². The Morgan fingerprint density at radius 1 is 1.42 bits per heavy atom. The SMILES string of the molecule is COc1ccc(OC)c(NC(=O)Cn2nc([N+](=O)[O-])c(Br)c2C)c1. The molecule has 0 aliphatic rings. The summed E-state index contributed by atoms with van der Waals surface area (Å²) in [5, 5.41) is 17.4. The number of halogens is 1. The van der Waals surface area contributed by atoms with Gasteiger partial charge in [0.1, 0.15) is 22.5 Å². The smallest absolute Gasteiger partial charge is 0.404 e. The average Bonchev–Trinajstić information content (AvgIpc) is 2.83. The molecule has 0 spiro atoms. The molecule has 1 N–H and O–H groups in total. The standard InChI is InChI=1S/C14H15BrN4O5/c1-8-13(15)14(19(21)22)17-18(8)7-12(20)16-10-6-9(23-2)4-5-11(10)24-3/h4-6H,7H2,1-3H3,(H,16,20). The molecule has 9 nitrogen and oxygen atoms in total. The van der Waals surface area contributed by atoms with Gasteiger partial charge in [0, 0.05) is 6.07 Å². The molecule has 24 heavy (non-hydrogen) atoms. The third-order valence-corrected chi connectivity index (χ3v) is 4.19. The molecule has 0 saturated carbocycles. The highest BCUT2D eigenvalue weighted by molar-refractivity contribution is 9.10. The van der Waals surface area contributed by atoms with Crippen LogP contribution >= 0.6 is 15.9 Å². The lowest BCUT2D eigenvalue weighted by Gasteiger charge is -2.11. The van der Waals surface area contributed by atoms with Gasteiger partial charge < -0.3 is 24.9 Å². The topological polar surface area (TPSA) is 109 Å². The van der Waals surface area contributed by atoms with Crippen molar-refractivity contribution in [3.63, 3.8) is 0 Å². The molecule has 2 rings (SSSR count). The van der Waals surface area contributed by atoms with Gasteiger partial charge in [-0.2, -0.15) is 4.68 Å². The minimum absolute atomic E-state index is 0.182. The summed E-state index contributed by atoms with van der Waals surface area (Å²) in [7, 11) is 2.99. The molecule has 0 unspecified atom stereocenters. The van der Waals surface area contributed by atoms with Crippen LogP contribution in [0.3, 0.4) is 0 Å². The fraction of sp³-hybridized carbons (Fsp3) is 0.286. The van der Waals surface area contributed by atoms with E-state index in [1.807, 2.05) is 0 Å². The molecule has 0 aliphatic carbocycles. The van der Waals surface area contributed by atoms with E-state index >= 15 is 0 Å². The van der Waals surface area contributed by atoms with Gasteiger partial charge in [0.15, 0.2) is 0 Å². The van der Waals surface area contributed by atoms with Gasteiger partial charge in [-0.05, 0) is 39.9 Å². The lowest BCUT2D eigenvalue weighted by molar-refractivity contribution is -0.390. The number of nitro groups is 1. The number of aromatic nitrogens is 2. The van der Waals surface area contributed by atoms with Crippen LogP contribution in [-0.4, -0.2) is 34.8 Å². The lowest BCUT2D eigenvalue weighted by atomic mass is 10.2. The molecule has 0 aliphatic heterocycles. The number of nitrogens with one attached hydrogen (secondary N) is 1. The van der Waals surface area contributed by atoms with Gasteiger partial charge in [-0.15, -0.1) is 0 Å². The Bertz CT molecular complexity index is 790. The number of nitrogens with zero attached hydrogens (tertiary/aromatic N) is 3. The molecule has 2 aromatic rings. The number of hydrogen-bond acceptors (Lipinski definition) is 6. The predicted molar refractivity (Wildman–Crippen MR) is 89.5 cm³/mol. The first kappa shape index (κ1) is 17.7. The Kier molecular flexibility index (Phi) is 5.39. The Morgan fingerprint density at radius 3 is 2.67 bits per heavy atom. The second kappa shape index (κ2) is 7.30. The normalized spacial score (nSPS) is 10.3. The second-order valence-corrected chi connectivity index (χ2v) is 5.55. The molecule has 0 fully saturated rings. The predicted octanol–water partition coefficient (Wildman–Crippen LogP) is 2.52. The van der Waals surface area contributed by atoms with Crippen LogP contribution in [0, 0.1) is 17.0 Å². The van der Waals surface area contributed by atoms with Crippen LogP contribution in [-0.2, 0) is 11.3 Å². The van der Waals surface area contributed by atoms with Gasteiger partial charge in [0.25, 0.3) is 0 Å².